The van der Waals surface area contributed by atoms with Crippen LogP contribution in [0.3, 0.4) is 0 Å². The first kappa shape index (κ1) is 12.1. The number of nitrogens with zero attached hydrogens (tertiary/aromatic N) is 1. The number of hydrogen-bond donors (Lipinski definition) is 1. The van der Waals surface area contributed by atoms with Crippen LogP contribution < -0.4 is 0 Å². The van der Waals surface area contributed by atoms with E-state index in [1.807, 2.05) is 18.3 Å². The van der Waals surface area contributed by atoms with Crippen molar-refractivity contribution in [1.82, 2.24) is 0 Å². The Morgan fingerprint density at radius 3 is 2.53 bits per heavy atom. The molecule has 0 saturated heterocycles. The molecule has 80 valence electrons. The van der Waals surface area contributed by atoms with Gasteiger partial charge in [0.25, 0.3) is 0 Å². The molecule has 0 amide bonds. The van der Waals surface area contributed by atoms with E-state index >= 15 is 0 Å². The summed E-state index contributed by atoms with van der Waals surface area (Å²) in [7, 11) is 0. The molecule has 0 spiro atoms. The van der Waals surface area contributed by atoms with E-state index in [1.165, 1.54) is 16.7 Å². The van der Waals surface area contributed by atoms with Gasteiger partial charge in [-0.1, -0.05) is 35.9 Å². The second-order valence-corrected chi connectivity index (χ2v) is 4.06. The van der Waals surface area contributed by atoms with Crippen LogP contribution >= 0.6 is 12.6 Å². The van der Waals surface area contributed by atoms with Crippen LogP contribution in [-0.4, -0.2) is 18.5 Å². The smallest absolute Gasteiger partial charge is 0.0477 e. The second kappa shape index (κ2) is 6.46. The summed E-state index contributed by atoms with van der Waals surface area (Å²) in [6, 6.07) is 8.26. The third-order valence-corrected chi connectivity index (χ3v) is 2.10. The zero-order chi connectivity index (χ0) is 11.1. The van der Waals surface area contributed by atoms with Gasteiger partial charge >= 0.3 is 0 Å². The Kier molecular flexibility index (Phi) is 5.19. The quantitative estimate of drug-likeness (QED) is 0.588. The molecule has 0 aromatic heterocycles. The fraction of sp³-hybridized carbons (Fsp3) is 0.308. The monoisotopic (exact) mass is 219 g/mol. The van der Waals surface area contributed by atoms with Crippen molar-refractivity contribution in [2.75, 3.05) is 12.3 Å². The zero-order valence-corrected chi connectivity index (χ0v) is 10.2. The van der Waals surface area contributed by atoms with Gasteiger partial charge in [-0.25, -0.2) is 0 Å². The topological polar surface area (TPSA) is 12.4 Å². The summed E-state index contributed by atoms with van der Waals surface area (Å²) >= 11 is 4.12. The van der Waals surface area contributed by atoms with Crippen LogP contribution in [0.5, 0.6) is 0 Å². The lowest BCUT2D eigenvalue weighted by Crippen LogP contribution is -1.89. The number of benzene rings is 1. The Balaban J connectivity index is 2.91. The van der Waals surface area contributed by atoms with Crippen LogP contribution in [0, 0.1) is 0 Å². The van der Waals surface area contributed by atoms with Crippen molar-refractivity contribution in [3.63, 3.8) is 0 Å². The third-order valence-electron chi connectivity index (χ3n) is 1.90. The van der Waals surface area contributed by atoms with Crippen LogP contribution in [-0.2, 0) is 0 Å². The highest BCUT2D eigenvalue weighted by Gasteiger charge is 1.94. The van der Waals surface area contributed by atoms with E-state index in [9.17, 15) is 0 Å². The number of hydrogen-bond acceptors (Lipinski definition) is 2. The minimum atomic E-state index is 0.770. The molecule has 1 rings (SSSR count). The van der Waals surface area contributed by atoms with Gasteiger partial charge in [0.05, 0.1) is 0 Å². The van der Waals surface area contributed by atoms with Crippen molar-refractivity contribution in [1.29, 1.82) is 0 Å². The molecule has 0 unspecified atom stereocenters. The molecule has 0 heterocycles. The van der Waals surface area contributed by atoms with Crippen molar-refractivity contribution >= 4 is 24.9 Å². The molecule has 0 bridgehead atoms. The molecule has 0 atom stereocenters. The van der Waals surface area contributed by atoms with E-state index in [0.29, 0.717) is 0 Å². The highest BCUT2D eigenvalue weighted by Crippen LogP contribution is 2.11. The number of allylic oxidation sites excluding steroid dienone is 1. The van der Waals surface area contributed by atoms with Crippen LogP contribution in [0.15, 0.2) is 34.8 Å². The molecule has 0 aliphatic carbocycles. The summed E-state index contributed by atoms with van der Waals surface area (Å²) in [5, 5.41) is 0. The minimum Gasteiger partial charge on any atom is -0.292 e. The normalized spacial score (nSPS) is 10.6. The lowest BCUT2D eigenvalue weighted by atomic mass is 10.1. The van der Waals surface area contributed by atoms with Gasteiger partial charge in [-0.05, 0) is 25.0 Å². The van der Waals surface area contributed by atoms with Crippen molar-refractivity contribution < 1.29 is 0 Å². The standard InChI is InChI=1S/C13H17NS/c1-11(2)9-12-5-3-4-6-13(12)10-14-7-8-15/h3-6,9-10,15H,7-8H2,1-2H3. The molecule has 2 heteroatoms. The average molecular weight is 219 g/mol. The number of thiol groups is 1. The van der Waals surface area contributed by atoms with Gasteiger partial charge in [-0.3, -0.25) is 4.99 Å². The number of rotatable bonds is 4. The molecule has 15 heavy (non-hydrogen) atoms. The van der Waals surface area contributed by atoms with Crippen LogP contribution in [0.25, 0.3) is 6.08 Å². The summed E-state index contributed by atoms with van der Waals surface area (Å²) in [6.45, 7) is 4.97. The van der Waals surface area contributed by atoms with Crippen molar-refractivity contribution in [3.05, 3.63) is 41.0 Å². The molecule has 0 N–H and O–H groups in total. The van der Waals surface area contributed by atoms with Crippen molar-refractivity contribution in [2.45, 2.75) is 13.8 Å². The highest BCUT2D eigenvalue weighted by molar-refractivity contribution is 7.80. The summed E-state index contributed by atoms with van der Waals surface area (Å²) in [5.41, 5.74) is 3.69. The lowest BCUT2D eigenvalue weighted by molar-refractivity contribution is 1.16. The van der Waals surface area contributed by atoms with Crippen LogP contribution in [0.1, 0.15) is 25.0 Å². The Morgan fingerprint density at radius 2 is 1.93 bits per heavy atom. The molecule has 1 aromatic rings. The van der Waals surface area contributed by atoms with E-state index < -0.39 is 0 Å². The Morgan fingerprint density at radius 1 is 1.27 bits per heavy atom. The summed E-state index contributed by atoms with van der Waals surface area (Å²) < 4.78 is 0. The molecule has 0 radical (unpaired) electrons. The van der Waals surface area contributed by atoms with Crippen LogP contribution in [0.4, 0.5) is 0 Å². The first-order valence-electron chi connectivity index (χ1n) is 5.08. The molecule has 0 aliphatic rings. The van der Waals surface area contributed by atoms with E-state index in [0.717, 1.165) is 12.3 Å². The molecule has 0 aliphatic heterocycles. The Hall–Kier alpha value is -1.02. The van der Waals surface area contributed by atoms with E-state index in [4.69, 9.17) is 0 Å². The highest BCUT2D eigenvalue weighted by atomic mass is 32.1. The van der Waals surface area contributed by atoms with Gasteiger partial charge < -0.3 is 0 Å². The summed E-state index contributed by atoms with van der Waals surface area (Å²) in [4.78, 5) is 4.30. The van der Waals surface area contributed by atoms with Gasteiger partial charge in [-0.15, -0.1) is 0 Å². The predicted octanol–water partition coefficient (Wildman–Crippen LogP) is 3.46. The maximum atomic E-state index is 4.30. The molecular formula is C13H17NS. The zero-order valence-electron chi connectivity index (χ0n) is 9.27. The SMILES string of the molecule is CC(C)=Cc1ccccc1C=NCCS. The molecule has 1 nitrogen and oxygen atoms in total. The third kappa shape index (κ3) is 4.34. The fourth-order valence-electron chi connectivity index (χ4n) is 1.29. The van der Waals surface area contributed by atoms with Crippen molar-refractivity contribution in [2.24, 2.45) is 4.99 Å². The van der Waals surface area contributed by atoms with Gasteiger partial charge in [0.15, 0.2) is 0 Å². The van der Waals surface area contributed by atoms with E-state index in [1.54, 1.807) is 0 Å². The van der Waals surface area contributed by atoms with Gasteiger partial charge in [0.1, 0.15) is 0 Å². The molecule has 0 saturated carbocycles. The first-order valence-corrected chi connectivity index (χ1v) is 5.72. The predicted molar refractivity (Wildman–Crippen MR) is 72.1 cm³/mol. The maximum Gasteiger partial charge on any atom is 0.0477 e. The Labute approximate surface area is 97.3 Å². The summed E-state index contributed by atoms with van der Waals surface area (Å²) in [5.74, 6) is 0.793. The lowest BCUT2D eigenvalue weighted by Gasteiger charge is -2.00. The van der Waals surface area contributed by atoms with Crippen molar-refractivity contribution in [3.8, 4) is 0 Å². The van der Waals surface area contributed by atoms with Gasteiger partial charge in [0, 0.05) is 18.5 Å². The van der Waals surface area contributed by atoms with Gasteiger partial charge in [-0.2, -0.15) is 12.6 Å². The molecule has 1 aromatic carbocycles. The first-order chi connectivity index (χ1) is 7.24. The van der Waals surface area contributed by atoms with E-state index in [-0.39, 0.29) is 0 Å². The maximum absolute atomic E-state index is 4.30. The Bertz CT molecular complexity index is 363. The fourth-order valence-corrected chi connectivity index (χ4v) is 1.41. The molecule has 0 fully saturated rings. The number of aliphatic imine (C=N–C) groups is 1. The minimum absolute atomic E-state index is 0.770. The second-order valence-electron chi connectivity index (χ2n) is 3.61. The van der Waals surface area contributed by atoms with E-state index in [2.05, 4.69) is 49.7 Å². The van der Waals surface area contributed by atoms with Crippen LogP contribution in [0.2, 0.25) is 0 Å². The largest absolute Gasteiger partial charge is 0.292 e. The summed E-state index contributed by atoms with van der Waals surface area (Å²) in [6.07, 6.45) is 4.09. The molecular weight excluding hydrogens is 202 g/mol. The van der Waals surface area contributed by atoms with Gasteiger partial charge in [0.2, 0.25) is 0 Å². The average Bonchev–Trinajstić information content (AvgIpc) is 2.20.